The summed E-state index contributed by atoms with van der Waals surface area (Å²) in [5.41, 5.74) is -0.0869. The van der Waals surface area contributed by atoms with Crippen molar-refractivity contribution in [2.24, 2.45) is 0 Å². The molecule has 3 rings (SSSR count). The number of aryl methyl sites for hydroxylation is 1. The molecule has 0 aliphatic heterocycles. The first-order valence-electron chi connectivity index (χ1n) is 7.53. The van der Waals surface area contributed by atoms with E-state index in [2.05, 4.69) is 22.0 Å². The normalized spacial score (nSPS) is 10.9. The zero-order chi connectivity index (χ0) is 17.8. The third kappa shape index (κ3) is 3.99. The quantitative estimate of drug-likeness (QED) is 0.387. The number of thioether (sulfide) groups is 1. The molecule has 25 heavy (non-hydrogen) atoms. The molecule has 0 fully saturated rings. The molecule has 3 heterocycles. The standard InChI is InChI=1S/C16H16N4O3S2/c1-3-6-20-15(22)11-4-7-24-14(11)18-16(20)25-8-5-13(21)17-12-9-10(2)23-19-12/h3-4,7,9H,1,5-6,8H2,2H3,(H,17,19,21). The highest BCUT2D eigenvalue weighted by Crippen LogP contribution is 2.22. The molecule has 0 aliphatic rings. The van der Waals surface area contributed by atoms with E-state index >= 15 is 0 Å². The van der Waals surface area contributed by atoms with Gasteiger partial charge in [0.25, 0.3) is 5.56 Å². The van der Waals surface area contributed by atoms with E-state index < -0.39 is 0 Å². The number of thiophene rings is 1. The van der Waals surface area contributed by atoms with Gasteiger partial charge in [0.2, 0.25) is 5.91 Å². The molecule has 3 aromatic rings. The maximum atomic E-state index is 12.5. The van der Waals surface area contributed by atoms with E-state index in [1.807, 2.05) is 5.38 Å². The molecule has 0 saturated heterocycles. The lowest BCUT2D eigenvalue weighted by molar-refractivity contribution is -0.115. The van der Waals surface area contributed by atoms with E-state index in [4.69, 9.17) is 4.52 Å². The SMILES string of the molecule is C=CCn1c(SCCC(=O)Nc2cc(C)on2)nc2sccc2c1=O. The topological polar surface area (TPSA) is 90.0 Å². The van der Waals surface area contributed by atoms with Crippen molar-refractivity contribution in [3.05, 3.63) is 46.3 Å². The molecule has 9 heteroatoms. The van der Waals surface area contributed by atoms with Crippen molar-refractivity contribution < 1.29 is 9.32 Å². The summed E-state index contributed by atoms with van der Waals surface area (Å²) in [6.45, 7) is 5.82. The van der Waals surface area contributed by atoms with Crippen LogP contribution in [-0.2, 0) is 11.3 Å². The predicted molar refractivity (Wildman–Crippen MR) is 99.3 cm³/mol. The van der Waals surface area contributed by atoms with E-state index in [1.165, 1.54) is 23.1 Å². The molecule has 0 radical (unpaired) electrons. The number of fused-ring (bicyclic) bond motifs is 1. The minimum Gasteiger partial charge on any atom is -0.360 e. The summed E-state index contributed by atoms with van der Waals surface area (Å²) in [5, 5.41) is 9.43. The van der Waals surface area contributed by atoms with Gasteiger partial charge in [-0.05, 0) is 18.4 Å². The molecule has 0 atom stereocenters. The number of nitrogens with one attached hydrogen (secondary N) is 1. The summed E-state index contributed by atoms with van der Waals surface area (Å²) < 4.78 is 6.48. The van der Waals surface area contributed by atoms with E-state index in [-0.39, 0.29) is 17.9 Å². The number of allylic oxidation sites excluding steroid dienone is 1. The minimum atomic E-state index is -0.171. The Morgan fingerprint density at radius 3 is 3.12 bits per heavy atom. The first kappa shape index (κ1) is 17.4. The summed E-state index contributed by atoms with van der Waals surface area (Å²) in [4.78, 5) is 29.7. The van der Waals surface area contributed by atoms with Gasteiger partial charge in [0.15, 0.2) is 11.0 Å². The zero-order valence-electron chi connectivity index (χ0n) is 13.5. The highest BCUT2D eigenvalue weighted by molar-refractivity contribution is 7.99. The monoisotopic (exact) mass is 376 g/mol. The van der Waals surface area contributed by atoms with Crippen LogP contribution in [-0.4, -0.2) is 26.4 Å². The molecule has 1 amide bonds. The van der Waals surface area contributed by atoms with Crippen LogP contribution >= 0.6 is 23.1 Å². The van der Waals surface area contributed by atoms with Gasteiger partial charge in [-0.25, -0.2) is 4.98 Å². The second kappa shape index (κ2) is 7.66. The average molecular weight is 376 g/mol. The Hall–Kier alpha value is -2.39. The Kier molecular flexibility index (Phi) is 5.34. The van der Waals surface area contributed by atoms with Gasteiger partial charge in [0.1, 0.15) is 10.6 Å². The Morgan fingerprint density at radius 1 is 1.56 bits per heavy atom. The third-order valence-electron chi connectivity index (χ3n) is 3.32. The third-order valence-corrected chi connectivity index (χ3v) is 5.10. The minimum absolute atomic E-state index is 0.0869. The number of aromatic nitrogens is 3. The Balaban J connectivity index is 1.68. The molecule has 0 aliphatic carbocycles. The van der Waals surface area contributed by atoms with Crippen LogP contribution in [0.4, 0.5) is 5.82 Å². The highest BCUT2D eigenvalue weighted by atomic mass is 32.2. The van der Waals surface area contributed by atoms with Crippen molar-refractivity contribution in [1.82, 2.24) is 14.7 Å². The van der Waals surface area contributed by atoms with Crippen molar-refractivity contribution in [3.8, 4) is 0 Å². The second-order valence-corrected chi connectivity index (χ2v) is 7.16. The molecule has 0 bridgehead atoms. The summed E-state index contributed by atoms with van der Waals surface area (Å²) in [7, 11) is 0. The molecule has 0 unspecified atom stereocenters. The lowest BCUT2D eigenvalue weighted by atomic mass is 10.4. The average Bonchev–Trinajstić information content (AvgIpc) is 3.20. The van der Waals surface area contributed by atoms with Crippen molar-refractivity contribution in [2.45, 2.75) is 25.0 Å². The largest absolute Gasteiger partial charge is 0.360 e. The predicted octanol–water partition coefficient (Wildman–Crippen LogP) is 3.06. The first-order valence-corrected chi connectivity index (χ1v) is 9.40. The lowest BCUT2D eigenvalue weighted by Crippen LogP contribution is -2.22. The fourth-order valence-corrected chi connectivity index (χ4v) is 3.95. The molecule has 0 spiro atoms. The fraction of sp³-hybridized carbons (Fsp3) is 0.250. The van der Waals surface area contributed by atoms with Gasteiger partial charge in [0.05, 0.1) is 5.39 Å². The van der Waals surface area contributed by atoms with Gasteiger partial charge in [-0.2, -0.15) is 0 Å². The number of carbonyl (C=O) groups excluding carboxylic acids is 1. The van der Waals surface area contributed by atoms with Crippen LogP contribution in [0.15, 0.2) is 44.6 Å². The van der Waals surface area contributed by atoms with Crippen molar-refractivity contribution in [1.29, 1.82) is 0 Å². The number of rotatable bonds is 7. The number of nitrogens with zero attached hydrogens (tertiary/aromatic N) is 3. The maximum Gasteiger partial charge on any atom is 0.263 e. The summed E-state index contributed by atoms with van der Waals surface area (Å²) in [6.07, 6.45) is 1.92. The number of carbonyl (C=O) groups is 1. The molecule has 3 aromatic heterocycles. The molecule has 7 nitrogen and oxygen atoms in total. The molecule has 130 valence electrons. The molecule has 0 aromatic carbocycles. The number of amides is 1. The number of hydrogen-bond acceptors (Lipinski definition) is 7. The molecule has 0 saturated carbocycles. The van der Waals surface area contributed by atoms with Crippen LogP contribution in [0.3, 0.4) is 0 Å². The van der Waals surface area contributed by atoms with Gasteiger partial charge >= 0.3 is 0 Å². The molecular weight excluding hydrogens is 360 g/mol. The summed E-state index contributed by atoms with van der Waals surface area (Å²) in [5.74, 6) is 1.35. The van der Waals surface area contributed by atoms with Crippen LogP contribution < -0.4 is 10.9 Å². The van der Waals surface area contributed by atoms with Gasteiger partial charge in [-0.1, -0.05) is 23.0 Å². The zero-order valence-corrected chi connectivity index (χ0v) is 15.2. The van der Waals surface area contributed by atoms with Gasteiger partial charge in [-0.15, -0.1) is 17.9 Å². The summed E-state index contributed by atoms with van der Waals surface area (Å²) in [6, 6.07) is 3.43. The van der Waals surface area contributed by atoms with Gasteiger partial charge < -0.3 is 9.84 Å². The highest BCUT2D eigenvalue weighted by Gasteiger charge is 2.13. The van der Waals surface area contributed by atoms with Crippen molar-refractivity contribution in [2.75, 3.05) is 11.1 Å². The van der Waals surface area contributed by atoms with E-state index in [9.17, 15) is 9.59 Å². The number of hydrogen-bond donors (Lipinski definition) is 1. The Morgan fingerprint density at radius 2 is 2.40 bits per heavy atom. The second-order valence-electron chi connectivity index (χ2n) is 5.21. The Bertz CT molecular complexity index is 973. The molecule has 1 N–H and O–H groups in total. The smallest absolute Gasteiger partial charge is 0.263 e. The summed E-state index contributed by atoms with van der Waals surface area (Å²) >= 11 is 2.79. The van der Waals surface area contributed by atoms with Gasteiger partial charge in [-0.3, -0.25) is 14.2 Å². The van der Waals surface area contributed by atoms with Crippen molar-refractivity contribution >= 4 is 45.0 Å². The first-order chi connectivity index (χ1) is 12.1. The van der Waals surface area contributed by atoms with Crippen LogP contribution in [0.25, 0.3) is 10.2 Å². The fourth-order valence-electron chi connectivity index (χ4n) is 2.20. The van der Waals surface area contributed by atoms with Crippen LogP contribution in [0.1, 0.15) is 12.2 Å². The van der Waals surface area contributed by atoms with Crippen LogP contribution in [0, 0.1) is 6.92 Å². The van der Waals surface area contributed by atoms with Gasteiger partial charge in [0, 0.05) is 24.8 Å². The lowest BCUT2D eigenvalue weighted by Gasteiger charge is -2.09. The van der Waals surface area contributed by atoms with E-state index in [0.29, 0.717) is 39.2 Å². The number of anilines is 1. The van der Waals surface area contributed by atoms with Crippen LogP contribution in [0.2, 0.25) is 0 Å². The van der Waals surface area contributed by atoms with Crippen LogP contribution in [0.5, 0.6) is 0 Å². The van der Waals surface area contributed by atoms with E-state index in [1.54, 1.807) is 29.7 Å². The maximum absolute atomic E-state index is 12.5. The molecular formula is C16H16N4O3S2. The van der Waals surface area contributed by atoms with Crippen molar-refractivity contribution in [3.63, 3.8) is 0 Å². The van der Waals surface area contributed by atoms with E-state index in [0.717, 1.165) is 0 Å². The Labute approximate surface area is 151 Å².